The van der Waals surface area contributed by atoms with Gasteiger partial charge in [-0.2, -0.15) is 0 Å². The quantitative estimate of drug-likeness (QED) is 0.222. The standard InChI is InChI=1S/C32H35NO4S/c1-3-23-7-5-6-8-30(23)38-21-22-9-11-24(12-10-22)31(34)33-26-15-16-27(33)20-29(19-26)37-28-17-13-25(14-18-28)32(35)36-4-2/h5-14,17-18,26-27,29H,3-4,15-16,19-21H2,1-2H3/t26-,27+,29?. The Morgan fingerprint density at radius 1 is 0.868 bits per heavy atom. The molecule has 0 saturated carbocycles. The first kappa shape index (κ1) is 26.4. The fourth-order valence-corrected chi connectivity index (χ4v) is 6.71. The van der Waals surface area contributed by atoms with Crippen LogP contribution in [0.4, 0.5) is 0 Å². The van der Waals surface area contributed by atoms with E-state index < -0.39 is 0 Å². The van der Waals surface area contributed by atoms with Crippen molar-refractivity contribution in [1.82, 2.24) is 4.90 Å². The van der Waals surface area contributed by atoms with Crippen LogP contribution in [-0.4, -0.2) is 41.6 Å². The van der Waals surface area contributed by atoms with Crippen LogP contribution in [0.1, 0.15) is 71.4 Å². The average Bonchev–Trinajstić information content (AvgIpc) is 3.22. The van der Waals surface area contributed by atoms with Gasteiger partial charge in [0.1, 0.15) is 11.9 Å². The summed E-state index contributed by atoms with van der Waals surface area (Å²) >= 11 is 1.85. The van der Waals surface area contributed by atoms with Crippen LogP contribution < -0.4 is 4.74 Å². The van der Waals surface area contributed by atoms with Gasteiger partial charge in [0.15, 0.2) is 0 Å². The molecule has 0 N–H and O–H groups in total. The largest absolute Gasteiger partial charge is 0.490 e. The molecule has 198 valence electrons. The van der Waals surface area contributed by atoms with E-state index in [-0.39, 0.29) is 30.1 Å². The normalized spacial score (nSPS) is 20.3. The van der Waals surface area contributed by atoms with Crippen molar-refractivity contribution in [2.75, 3.05) is 6.61 Å². The lowest BCUT2D eigenvalue weighted by Gasteiger charge is -2.39. The van der Waals surface area contributed by atoms with Gasteiger partial charge in [0, 0.05) is 41.1 Å². The number of esters is 1. The molecule has 2 fully saturated rings. The van der Waals surface area contributed by atoms with E-state index >= 15 is 0 Å². The number of hydrogen-bond donors (Lipinski definition) is 0. The molecular weight excluding hydrogens is 494 g/mol. The number of thioether (sulfide) groups is 1. The van der Waals surface area contributed by atoms with E-state index in [0.29, 0.717) is 12.2 Å². The monoisotopic (exact) mass is 529 g/mol. The zero-order valence-electron chi connectivity index (χ0n) is 22.1. The Balaban J connectivity index is 1.17. The van der Waals surface area contributed by atoms with Crippen LogP contribution in [0, 0.1) is 0 Å². The van der Waals surface area contributed by atoms with E-state index in [1.807, 2.05) is 36.0 Å². The number of carbonyl (C=O) groups excluding carboxylic acids is 2. The molecule has 5 rings (SSSR count). The number of hydrogen-bond acceptors (Lipinski definition) is 5. The summed E-state index contributed by atoms with van der Waals surface area (Å²) in [6.07, 6.45) is 4.78. The molecule has 2 aliphatic heterocycles. The second kappa shape index (κ2) is 12.1. The van der Waals surface area contributed by atoms with Crippen molar-refractivity contribution in [3.05, 3.63) is 95.1 Å². The zero-order chi connectivity index (χ0) is 26.5. The van der Waals surface area contributed by atoms with Gasteiger partial charge in [-0.15, -0.1) is 11.8 Å². The number of fused-ring (bicyclic) bond motifs is 2. The average molecular weight is 530 g/mol. The second-order valence-electron chi connectivity index (χ2n) is 10.0. The molecule has 0 aliphatic carbocycles. The molecule has 0 aromatic heterocycles. The van der Waals surface area contributed by atoms with Gasteiger partial charge in [-0.1, -0.05) is 37.3 Å². The molecule has 3 aromatic rings. The molecule has 1 unspecified atom stereocenters. The molecule has 2 aliphatic rings. The van der Waals surface area contributed by atoms with Crippen molar-refractivity contribution in [3.8, 4) is 5.75 Å². The topological polar surface area (TPSA) is 55.8 Å². The molecule has 3 aromatic carbocycles. The third-order valence-electron chi connectivity index (χ3n) is 7.54. The van der Waals surface area contributed by atoms with Crippen LogP contribution in [0.5, 0.6) is 5.75 Å². The van der Waals surface area contributed by atoms with Gasteiger partial charge in [0.05, 0.1) is 12.2 Å². The lowest BCUT2D eigenvalue weighted by Crippen LogP contribution is -2.49. The summed E-state index contributed by atoms with van der Waals surface area (Å²) < 4.78 is 11.3. The van der Waals surface area contributed by atoms with E-state index in [9.17, 15) is 9.59 Å². The minimum atomic E-state index is -0.322. The molecule has 1 amide bonds. The van der Waals surface area contributed by atoms with Gasteiger partial charge in [-0.25, -0.2) is 4.79 Å². The number of piperidine rings is 1. The third kappa shape index (κ3) is 5.91. The molecule has 5 nitrogen and oxygen atoms in total. The van der Waals surface area contributed by atoms with E-state index in [0.717, 1.165) is 49.2 Å². The van der Waals surface area contributed by atoms with E-state index in [1.165, 1.54) is 16.0 Å². The van der Waals surface area contributed by atoms with E-state index in [4.69, 9.17) is 9.47 Å². The predicted molar refractivity (Wildman–Crippen MR) is 151 cm³/mol. The SMILES string of the molecule is CCOC(=O)c1ccc(OC2C[C@H]3CC[C@@H](C2)N3C(=O)c2ccc(CSc3ccccc3CC)cc2)cc1. The lowest BCUT2D eigenvalue weighted by molar-refractivity contribution is 0.0359. The predicted octanol–water partition coefficient (Wildman–Crippen LogP) is 6.93. The van der Waals surface area contributed by atoms with Gasteiger partial charge in [0.2, 0.25) is 0 Å². The first-order valence-corrected chi connectivity index (χ1v) is 14.6. The van der Waals surface area contributed by atoms with E-state index in [2.05, 4.69) is 48.2 Å². The van der Waals surface area contributed by atoms with Gasteiger partial charge >= 0.3 is 5.97 Å². The van der Waals surface area contributed by atoms with Crippen molar-refractivity contribution in [2.45, 2.75) is 74.8 Å². The maximum atomic E-state index is 13.5. The van der Waals surface area contributed by atoms with Gasteiger partial charge in [-0.3, -0.25) is 4.79 Å². The molecular formula is C32H35NO4S. The molecule has 38 heavy (non-hydrogen) atoms. The molecule has 0 spiro atoms. The second-order valence-corrected chi connectivity index (χ2v) is 11.0. The van der Waals surface area contributed by atoms with Gasteiger partial charge < -0.3 is 14.4 Å². The first-order chi connectivity index (χ1) is 18.6. The Labute approximate surface area is 229 Å². The molecule has 2 bridgehead atoms. The van der Waals surface area contributed by atoms with Crippen LogP contribution in [0.3, 0.4) is 0 Å². The molecule has 2 saturated heterocycles. The van der Waals surface area contributed by atoms with Crippen LogP contribution in [0.2, 0.25) is 0 Å². The number of amides is 1. The Morgan fingerprint density at radius 3 is 2.18 bits per heavy atom. The summed E-state index contributed by atoms with van der Waals surface area (Å²) in [5.74, 6) is 1.44. The van der Waals surface area contributed by atoms with Crippen molar-refractivity contribution >= 4 is 23.6 Å². The van der Waals surface area contributed by atoms with E-state index in [1.54, 1.807) is 19.1 Å². The summed E-state index contributed by atoms with van der Waals surface area (Å²) in [4.78, 5) is 28.8. The van der Waals surface area contributed by atoms with Crippen molar-refractivity contribution < 1.29 is 19.1 Å². The Morgan fingerprint density at radius 2 is 1.53 bits per heavy atom. The van der Waals surface area contributed by atoms with Crippen molar-refractivity contribution in [1.29, 1.82) is 0 Å². The summed E-state index contributed by atoms with van der Waals surface area (Å²) in [5.41, 5.74) is 3.89. The number of aryl methyl sites for hydroxylation is 1. The number of nitrogens with zero attached hydrogens (tertiary/aromatic N) is 1. The number of ether oxygens (including phenoxy) is 2. The fraction of sp³-hybridized carbons (Fsp3) is 0.375. The minimum Gasteiger partial charge on any atom is -0.490 e. The maximum Gasteiger partial charge on any atom is 0.338 e. The smallest absolute Gasteiger partial charge is 0.338 e. The molecule has 3 atom stereocenters. The highest BCUT2D eigenvalue weighted by Gasteiger charge is 2.44. The fourth-order valence-electron chi connectivity index (χ4n) is 5.62. The molecule has 6 heteroatoms. The summed E-state index contributed by atoms with van der Waals surface area (Å²) in [7, 11) is 0. The number of rotatable bonds is 9. The van der Waals surface area contributed by atoms with Crippen molar-refractivity contribution in [3.63, 3.8) is 0 Å². The van der Waals surface area contributed by atoms with Crippen LogP contribution in [-0.2, 0) is 16.9 Å². The highest BCUT2D eigenvalue weighted by molar-refractivity contribution is 7.98. The lowest BCUT2D eigenvalue weighted by atomic mass is 9.98. The number of benzene rings is 3. The van der Waals surface area contributed by atoms with Gasteiger partial charge in [-0.05, 0) is 79.8 Å². The van der Waals surface area contributed by atoms with Gasteiger partial charge in [0.25, 0.3) is 5.91 Å². The van der Waals surface area contributed by atoms with Crippen LogP contribution in [0.25, 0.3) is 0 Å². The Hall–Kier alpha value is -3.25. The van der Waals surface area contributed by atoms with Crippen LogP contribution >= 0.6 is 11.8 Å². The Bertz CT molecular complexity index is 1240. The highest BCUT2D eigenvalue weighted by atomic mass is 32.2. The van der Waals surface area contributed by atoms with Crippen LogP contribution in [0.15, 0.2) is 77.7 Å². The third-order valence-corrected chi connectivity index (χ3v) is 8.73. The zero-order valence-corrected chi connectivity index (χ0v) is 22.9. The molecule has 0 radical (unpaired) electrons. The summed E-state index contributed by atoms with van der Waals surface area (Å²) in [6, 6.07) is 24.2. The summed E-state index contributed by atoms with van der Waals surface area (Å²) in [5, 5.41) is 0. The Kier molecular flexibility index (Phi) is 8.38. The highest BCUT2D eigenvalue weighted by Crippen LogP contribution is 2.38. The summed E-state index contributed by atoms with van der Waals surface area (Å²) in [6.45, 7) is 4.34. The minimum absolute atomic E-state index is 0.0652. The molecule has 2 heterocycles. The first-order valence-electron chi connectivity index (χ1n) is 13.6. The number of carbonyl (C=O) groups is 2. The van der Waals surface area contributed by atoms with Crippen molar-refractivity contribution in [2.24, 2.45) is 0 Å². The maximum absolute atomic E-state index is 13.5.